The average molecular weight is 560 g/mol. The summed E-state index contributed by atoms with van der Waals surface area (Å²) >= 11 is 6.43. The second kappa shape index (κ2) is 9.53. The monoisotopic (exact) mass is 559 g/mol. The Labute approximate surface area is 242 Å². The van der Waals surface area contributed by atoms with Gasteiger partial charge in [0.25, 0.3) is 0 Å². The number of benzene rings is 4. The predicted octanol–water partition coefficient (Wildman–Crippen LogP) is 5.54. The summed E-state index contributed by atoms with van der Waals surface area (Å²) in [5, 5.41) is 4.96. The number of nitrogens with one attached hydrogen (secondary N) is 1. The molecule has 1 N–H and O–H groups in total. The topological polar surface area (TPSA) is 78.8 Å². The fraction of sp³-hybridized carbons (Fsp3) is 0.176. The molecule has 1 heterocycles. The third-order valence-electron chi connectivity index (χ3n) is 8.76. The average Bonchev–Trinajstić information content (AvgIpc) is 3.26. The molecule has 7 heteroatoms. The van der Waals surface area contributed by atoms with Crippen molar-refractivity contribution < 1.29 is 14.4 Å². The number of carbonyl (C=O) groups is 3. The fourth-order valence-electron chi connectivity index (χ4n) is 7.05. The molecule has 3 aliphatic carbocycles. The summed E-state index contributed by atoms with van der Waals surface area (Å²) in [5.74, 6) is -2.46. The minimum atomic E-state index is -1.05. The lowest BCUT2D eigenvalue weighted by atomic mass is 9.47. The number of anilines is 1. The van der Waals surface area contributed by atoms with Gasteiger partial charge >= 0.3 is 0 Å². The Kier molecular flexibility index (Phi) is 5.91. The van der Waals surface area contributed by atoms with Crippen molar-refractivity contribution in [1.29, 1.82) is 0 Å². The van der Waals surface area contributed by atoms with Crippen LogP contribution in [0.15, 0.2) is 102 Å². The highest BCUT2D eigenvalue weighted by molar-refractivity contribution is 6.32. The van der Waals surface area contributed by atoms with E-state index in [-0.39, 0.29) is 30.1 Å². The molecule has 4 aromatic carbocycles. The number of hydrogen-bond acceptors (Lipinski definition) is 4. The van der Waals surface area contributed by atoms with Crippen molar-refractivity contribution in [3.05, 3.63) is 135 Å². The second-order valence-corrected chi connectivity index (χ2v) is 11.3. The fourth-order valence-corrected chi connectivity index (χ4v) is 7.23. The van der Waals surface area contributed by atoms with Gasteiger partial charge in [0.1, 0.15) is 0 Å². The molecule has 4 aliphatic rings. The summed E-state index contributed by atoms with van der Waals surface area (Å²) in [7, 11) is 0. The van der Waals surface area contributed by atoms with Crippen molar-refractivity contribution in [3.8, 4) is 0 Å². The lowest BCUT2D eigenvalue weighted by Crippen LogP contribution is -2.54. The number of imide groups is 1. The number of rotatable bonds is 5. The van der Waals surface area contributed by atoms with Crippen LogP contribution in [0.4, 0.5) is 5.69 Å². The van der Waals surface area contributed by atoms with Crippen molar-refractivity contribution in [3.63, 3.8) is 0 Å². The van der Waals surface area contributed by atoms with Gasteiger partial charge < -0.3 is 0 Å². The van der Waals surface area contributed by atoms with Crippen LogP contribution >= 0.6 is 11.6 Å². The van der Waals surface area contributed by atoms with E-state index in [1.54, 1.807) is 18.3 Å². The zero-order valence-corrected chi connectivity index (χ0v) is 23.0. The molecule has 3 amide bonds. The Morgan fingerprint density at radius 3 is 2.20 bits per heavy atom. The van der Waals surface area contributed by atoms with E-state index in [0.29, 0.717) is 10.7 Å². The summed E-state index contributed by atoms with van der Waals surface area (Å²) < 4.78 is 0. The Morgan fingerprint density at radius 1 is 0.902 bits per heavy atom. The SMILES string of the molecule is Cc1ccc(N2C(=O)[C@H]3C4c5ccccc5C(/C=N\NC(=O)Cc5ccccc5)(c5ccccc54)[C@H]3C2=O)cc1Cl. The molecule has 8 rings (SSSR count). The van der Waals surface area contributed by atoms with E-state index in [9.17, 15) is 14.4 Å². The van der Waals surface area contributed by atoms with Crippen molar-refractivity contribution >= 4 is 41.2 Å². The molecule has 2 bridgehead atoms. The van der Waals surface area contributed by atoms with Crippen LogP contribution in [0.1, 0.15) is 39.3 Å². The summed E-state index contributed by atoms with van der Waals surface area (Å²) in [6, 6.07) is 30.6. The van der Waals surface area contributed by atoms with E-state index in [4.69, 9.17) is 11.6 Å². The second-order valence-electron chi connectivity index (χ2n) is 10.9. The van der Waals surface area contributed by atoms with Crippen molar-refractivity contribution in [2.75, 3.05) is 4.90 Å². The van der Waals surface area contributed by atoms with Crippen LogP contribution in [0.2, 0.25) is 5.02 Å². The van der Waals surface area contributed by atoms with Crippen LogP contribution in [0.3, 0.4) is 0 Å². The van der Waals surface area contributed by atoms with Crippen molar-refractivity contribution in [2.24, 2.45) is 16.9 Å². The van der Waals surface area contributed by atoms with Gasteiger partial charge in [-0.1, -0.05) is 96.5 Å². The van der Waals surface area contributed by atoms with Gasteiger partial charge in [-0.05, 0) is 52.4 Å². The number of halogens is 1. The molecule has 41 heavy (non-hydrogen) atoms. The molecule has 1 aliphatic heterocycles. The molecule has 0 radical (unpaired) electrons. The molecule has 1 saturated heterocycles. The highest BCUT2D eigenvalue weighted by Gasteiger charge is 2.68. The van der Waals surface area contributed by atoms with Crippen LogP contribution in [0.5, 0.6) is 0 Å². The van der Waals surface area contributed by atoms with E-state index in [2.05, 4.69) is 10.5 Å². The zero-order valence-electron chi connectivity index (χ0n) is 22.3. The van der Waals surface area contributed by atoms with Crippen LogP contribution in [-0.2, 0) is 26.2 Å². The lowest BCUT2D eigenvalue weighted by molar-refractivity contribution is -0.123. The van der Waals surface area contributed by atoms with Crippen LogP contribution < -0.4 is 10.3 Å². The normalized spacial score (nSPS) is 23.9. The highest BCUT2D eigenvalue weighted by atomic mass is 35.5. The first kappa shape index (κ1) is 25.4. The van der Waals surface area contributed by atoms with E-state index in [1.165, 1.54) is 4.90 Å². The molecule has 0 saturated carbocycles. The minimum absolute atomic E-state index is 0.172. The summed E-state index contributed by atoms with van der Waals surface area (Å²) in [6.07, 6.45) is 1.85. The predicted molar refractivity (Wildman–Crippen MR) is 158 cm³/mol. The maximum Gasteiger partial charge on any atom is 0.244 e. The molecule has 4 aromatic rings. The number of hydrogen-bond donors (Lipinski definition) is 1. The lowest BCUT2D eigenvalue weighted by Gasteiger charge is -2.52. The number of carbonyl (C=O) groups excluding carboxylic acids is 3. The third kappa shape index (κ3) is 3.71. The quantitative estimate of drug-likeness (QED) is 0.198. The Hall–Kier alpha value is -4.55. The van der Waals surface area contributed by atoms with Crippen LogP contribution in [0, 0.1) is 18.8 Å². The third-order valence-corrected chi connectivity index (χ3v) is 9.17. The number of amides is 3. The maximum absolute atomic E-state index is 14.4. The molecular weight excluding hydrogens is 534 g/mol. The molecule has 0 aromatic heterocycles. The van der Waals surface area contributed by atoms with E-state index < -0.39 is 17.3 Å². The number of nitrogens with zero attached hydrogens (tertiary/aromatic N) is 2. The Morgan fingerprint density at radius 2 is 1.54 bits per heavy atom. The maximum atomic E-state index is 14.4. The first-order chi connectivity index (χ1) is 19.9. The molecule has 202 valence electrons. The van der Waals surface area contributed by atoms with Gasteiger partial charge in [0, 0.05) is 17.2 Å². The molecule has 2 atom stereocenters. The van der Waals surface area contributed by atoms with Crippen LogP contribution in [0.25, 0.3) is 0 Å². The zero-order chi connectivity index (χ0) is 28.3. The minimum Gasteiger partial charge on any atom is -0.274 e. The molecule has 0 spiro atoms. The number of aryl methyl sites for hydroxylation is 1. The van der Waals surface area contributed by atoms with Gasteiger partial charge in [0.05, 0.1) is 29.4 Å². The number of hydrazone groups is 1. The van der Waals surface area contributed by atoms with Gasteiger partial charge in [0.2, 0.25) is 17.7 Å². The largest absolute Gasteiger partial charge is 0.274 e. The van der Waals surface area contributed by atoms with Gasteiger partial charge in [0.15, 0.2) is 0 Å². The Balaban J connectivity index is 1.37. The summed E-state index contributed by atoms with van der Waals surface area (Å²) in [6.45, 7) is 1.88. The van der Waals surface area contributed by atoms with Crippen molar-refractivity contribution in [2.45, 2.75) is 24.7 Å². The first-order valence-corrected chi connectivity index (χ1v) is 14.0. The molecular formula is C34H26ClN3O3. The van der Waals surface area contributed by atoms with E-state index in [1.807, 2.05) is 91.9 Å². The van der Waals surface area contributed by atoms with E-state index in [0.717, 1.165) is 33.4 Å². The van der Waals surface area contributed by atoms with Gasteiger partial charge in [-0.2, -0.15) is 5.10 Å². The van der Waals surface area contributed by atoms with Crippen molar-refractivity contribution in [1.82, 2.24) is 5.43 Å². The standard InChI is InChI=1S/C34H26ClN3O3/c1-20-15-16-22(18-27(20)35)38-32(40)30-29-23-11-5-7-13-25(23)34(31(30)33(38)41,26-14-8-6-12-24(26)29)19-36-37-28(39)17-21-9-3-2-4-10-21/h2-16,18-19,29-31H,17H2,1H3,(H,37,39)/b36-19-/t29?,30-,31+,34?/m0/s1. The van der Waals surface area contributed by atoms with Gasteiger partial charge in [-0.25, -0.2) is 10.3 Å². The summed E-state index contributed by atoms with van der Waals surface area (Å²) in [5.41, 5.74) is 7.68. The summed E-state index contributed by atoms with van der Waals surface area (Å²) in [4.78, 5) is 42.8. The Bertz CT molecular complexity index is 1720. The van der Waals surface area contributed by atoms with Gasteiger partial charge in [-0.15, -0.1) is 0 Å². The smallest absolute Gasteiger partial charge is 0.244 e. The van der Waals surface area contributed by atoms with Crippen LogP contribution in [-0.4, -0.2) is 23.9 Å². The first-order valence-electron chi connectivity index (χ1n) is 13.6. The molecule has 6 nitrogen and oxygen atoms in total. The molecule has 1 fully saturated rings. The highest BCUT2D eigenvalue weighted by Crippen LogP contribution is 2.63. The molecule has 0 unspecified atom stereocenters. The van der Waals surface area contributed by atoms with Gasteiger partial charge in [-0.3, -0.25) is 14.4 Å². The van der Waals surface area contributed by atoms with E-state index >= 15 is 0 Å².